The molecule has 2 amide bonds. The number of carbonyl (C=O) groups is 3. The highest BCUT2D eigenvalue weighted by Gasteiger charge is 2.11. The van der Waals surface area contributed by atoms with Crippen LogP contribution in [0.15, 0.2) is 78.9 Å². The molecule has 7 heteroatoms. The smallest absolute Gasteiger partial charge is 0.338 e. The van der Waals surface area contributed by atoms with Crippen molar-refractivity contribution in [3.05, 3.63) is 90.0 Å². The zero-order valence-electron chi connectivity index (χ0n) is 17.0. The number of rotatable bonds is 8. The molecule has 0 spiro atoms. The Balaban J connectivity index is 1.44. The average Bonchev–Trinajstić information content (AvgIpc) is 2.78. The van der Waals surface area contributed by atoms with Crippen LogP contribution in [0.25, 0.3) is 0 Å². The van der Waals surface area contributed by atoms with Crippen molar-refractivity contribution in [1.29, 1.82) is 0 Å². The van der Waals surface area contributed by atoms with E-state index in [9.17, 15) is 14.4 Å². The van der Waals surface area contributed by atoms with Crippen LogP contribution in [0.1, 0.15) is 22.8 Å². The van der Waals surface area contributed by atoms with Crippen LogP contribution in [0.5, 0.6) is 5.75 Å². The third-order valence-corrected chi connectivity index (χ3v) is 4.16. The number of carbonyl (C=O) groups excluding carboxylic acids is 3. The van der Waals surface area contributed by atoms with Crippen LogP contribution < -0.4 is 15.4 Å². The topological polar surface area (TPSA) is 93.7 Å². The van der Waals surface area contributed by atoms with Gasteiger partial charge < -0.3 is 20.1 Å². The molecule has 0 heterocycles. The van der Waals surface area contributed by atoms with Gasteiger partial charge in [-0.2, -0.15) is 0 Å². The first-order chi connectivity index (χ1) is 15.0. The van der Waals surface area contributed by atoms with Gasteiger partial charge in [0.2, 0.25) is 5.91 Å². The van der Waals surface area contributed by atoms with Crippen LogP contribution in [0.3, 0.4) is 0 Å². The van der Waals surface area contributed by atoms with Crippen LogP contribution in [0.4, 0.5) is 11.4 Å². The molecule has 3 aromatic carbocycles. The molecule has 0 aliphatic rings. The first-order valence-electron chi connectivity index (χ1n) is 9.61. The molecule has 2 N–H and O–H groups in total. The minimum atomic E-state index is -0.591. The van der Waals surface area contributed by atoms with E-state index in [1.807, 2.05) is 30.3 Å². The molecule has 0 fully saturated rings. The third kappa shape index (κ3) is 7.01. The molecule has 7 nitrogen and oxygen atoms in total. The number of ether oxygens (including phenoxy) is 2. The van der Waals surface area contributed by atoms with Gasteiger partial charge in [0, 0.05) is 18.3 Å². The van der Waals surface area contributed by atoms with Crippen molar-refractivity contribution in [2.45, 2.75) is 13.5 Å². The molecule has 0 unspecified atom stereocenters. The third-order valence-electron chi connectivity index (χ3n) is 4.16. The summed E-state index contributed by atoms with van der Waals surface area (Å²) in [5, 5.41) is 5.26. The van der Waals surface area contributed by atoms with E-state index in [1.165, 1.54) is 6.92 Å². The number of anilines is 2. The highest BCUT2D eigenvalue weighted by Crippen LogP contribution is 2.14. The Labute approximate surface area is 180 Å². The molecule has 0 aromatic heterocycles. The Morgan fingerprint density at radius 1 is 0.774 bits per heavy atom. The monoisotopic (exact) mass is 418 g/mol. The van der Waals surface area contributed by atoms with Crippen LogP contribution in [0, 0.1) is 0 Å². The highest BCUT2D eigenvalue weighted by molar-refractivity contribution is 5.96. The Kier molecular flexibility index (Phi) is 7.37. The molecule has 158 valence electrons. The van der Waals surface area contributed by atoms with Gasteiger partial charge in [0.05, 0.1) is 5.56 Å². The molecule has 0 radical (unpaired) electrons. The maximum Gasteiger partial charge on any atom is 0.338 e. The van der Waals surface area contributed by atoms with E-state index >= 15 is 0 Å². The van der Waals surface area contributed by atoms with Gasteiger partial charge in [-0.3, -0.25) is 9.59 Å². The lowest BCUT2D eigenvalue weighted by molar-refractivity contribution is -0.119. The van der Waals surface area contributed by atoms with Gasteiger partial charge in [-0.05, 0) is 54.1 Å². The summed E-state index contributed by atoms with van der Waals surface area (Å²) in [6.07, 6.45) is 0. The fraction of sp³-hybridized carbons (Fsp3) is 0.125. The summed E-state index contributed by atoms with van der Waals surface area (Å²) in [6.45, 7) is 1.38. The van der Waals surface area contributed by atoms with E-state index in [4.69, 9.17) is 9.47 Å². The van der Waals surface area contributed by atoms with Gasteiger partial charge in [0.15, 0.2) is 6.61 Å². The van der Waals surface area contributed by atoms with Gasteiger partial charge in [-0.25, -0.2) is 4.79 Å². The lowest BCUT2D eigenvalue weighted by Crippen LogP contribution is -2.21. The van der Waals surface area contributed by atoms with E-state index in [2.05, 4.69) is 10.6 Å². The Morgan fingerprint density at radius 3 is 2.00 bits per heavy atom. The number of amides is 2. The second kappa shape index (κ2) is 10.6. The normalized spacial score (nSPS) is 10.1. The predicted molar refractivity (Wildman–Crippen MR) is 117 cm³/mol. The van der Waals surface area contributed by atoms with Crippen LogP contribution in [0.2, 0.25) is 0 Å². The zero-order chi connectivity index (χ0) is 22.1. The number of nitrogens with one attached hydrogen (secondary N) is 2. The molecule has 31 heavy (non-hydrogen) atoms. The SMILES string of the molecule is CC(=O)Nc1ccc(NC(=O)COC(=O)c2ccc(COc3ccccc3)cc2)cc1. The van der Waals surface area contributed by atoms with Crippen molar-refractivity contribution in [2.75, 3.05) is 17.2 Å². The standard InChI is InChI=1S/C24H22N2O5/c1-17(27)25-20-11-13-21(14-12-20)26-23(28)16-31-24(29)19-9-7-18(8-10-19)15-30-22-5-3-2-4-6-22/h2-14H,15-16H2,1H3,(H,25,27)(H,26,28). The quantitative estimate of drug-likeness (QED) is 0.539. The number of benzene rings is 3. The molecule has 0 atom stereocenters. The molecule has 0 bridgehead atoms. The highest BCUT2D eigenvalue weighted by atomic mass is 16.5. The first kappa shape index (κ1) is 21.6. The number of hydrogen-bond donors (Lipinski definition) is 2. The molecule has 0 saturated heterocycles. The zero-order valence-corrected chi connectivity index (χ0v) is 17.0. The van der Waals surface area contributed by atoms with Gasteiger partial charge in [-0.15, -0.1) is 0 Å². The second-order valence-corrected chi connectivity index (χ2v) is 6.68. The maximum absolute atomic E-state index is 12.2. The molecule has 3 rings (SSSR count). The minimum Gasteiger partial charge on any atom is -0.489 e. The molecular formula is C24H22N2O5. The van der Waals surface area contributed by atoms with E-state index in [0.717, 1.165) is 11.3 Å². The van der Waals surface area contributed by atoms with Crippen molar-refractivity contribution in [3.63, 3.8) is 0 Å². The number of para-hydroxylation sites is 1. The fourth-order valence-corrected chi connectivity index (χ4v) is 2.67. The number of esters is 1. The van der Waals surface area contributed by atoms with Crippen LogP contribution >= 0.6 is 0 Å². The summed E-state index contributed by atoms with van der Waals surface area (Å²) >= 11 is 0. The number of hydrogen-bond acceptors (Lipinski definition) is 5. The average molecular weight is 418 g/mol. The summed E-state index contributed by atoms with van der Waals surface area (Å²) in [5.74, 6) is -0.470. The Bertz CT molecular complexity index is 1030. The van der Waals surface area contributed by atoms with Gasteiger partial charge in [-0.1, -0.05) is 30.3 Å². The van der Waals surface area contributed by atoms with Crippen molar-refractivity contribution < 1.29 is 23.9 Å². The van der Waals surface area contributed by atoms with Gasteiger partial charge in [0.1, 0.15) is 12.4 Å². The lowest BCUT2D eigenvalue weighted by atomic mass is 10.1. The lowest BCUT2D eigenvalue weighted by Gasteiger charge is -2.09. The van der Waals surface area contributed by atoms with E-state index in [-0.39, 0.29) is 5.91 Å². The molecule has 3 aromatic rings. The summed E-state index contributed by atoms with van der Waals surface area (Å²) in [5.41, 5.74) is 2.39. The predicted octanol–water partition coefficient (Wildman–Crippen LogP) is 4.02. The molecular weight excluding hydrogens is 396 g/mol. The summed E-state index contributed by atoms with van der Waals surface area (Å²) in [4.78, 5) is 35.2. The molecule has 0 aliphatic carbocycles. The largest absolute Gasteiger partial charge is 0.489 e. The van der Waals surface area contributed by atoms with E-state index < -0.39 is 18.5 Å². The maximum atomic E-state index is 12.2. The van der Waals surface area contributed by atoms with Gasteiger partial charge in [0.25, 0.3) is 5.91 Å². The molecule has 0 saturated carbocycles. The summed E-state index contributed by atoms with van der Waals surface area (Å²) in [6, 6.07) is 22.8. The summed E-state index contributed by atoms with van der Waals surface area (Å²) in [7, 11) is 0. The molecule has 0 aliphatic heterocycles. The van der Waals surface area contributed by atoms with E-state index in [0.29, 0.717) is 23.5 Å². The Hall–Kier alpha value is -4.13. The van der Waals surface area contributed by atoms with E-state index in [1.54, 1.807) is 48.5 Å². The second-order valence-electron chi connectivity index (χ2n) is 6.68. The Morgan fingerprint density at radius 2 is 1.39 bits per heavy atom. The van der Waals surface area contributed by atoms with Gasteiger partial charge >= 0.3 is 5.97 Å². The van der Waals surface area contributed by atoms with Crippen molar-refractivity contribution in [1.82, 2.24) is 0 Å². The fourth-order valence-electron chi connectivity index (χ4n) is 2.67. The first-order valence-corrected chi connectivity index (χ1v) is 9.61. The van der Waals surface area contributed by atoms with Crippen LogP contribution in [-0.2, 0) is 20.9 Å². The van der Waals surface area contributed by atoms with Crippen molar-refractivity contribution >= 4 is 29.2 Å². The van der Waals surface area contributed by atoms with Crippen molar-refractivity contribution in [3.8, 4) is 5.75 Å². The van der Waals surface area contributed by atoms with Crippen molar-refractivity contribution in [2.24, 2.45) is 0 Å². The minimum absolute atomic E-state index is 0.180. The van der Waals surface area contributed by atoms with Crippen LogP contribution in [-0.4, -0.2) is 24.4 Å². The summed E-state index contributed by atoms with van der Waals surface area (Å²) < 4.78 is 10.7.